The van der Waals surface area contributed by atoms with Crippen LogP contribution in [0.3, 0.4) is 0 Å². The minimum Gasteiger partial charge on any atom is -0.361 e. The Balaban J connectivity index is 1.77. The van der Waals surface area contributed by atoms with Crippen molar-refractivity contribution in [1.29, 1.82) is 0 Å². The average Bonchev–Trinajstić information content (AvgIpc) is 3.25. The molecule has 1 aliphatic heterocycles. The second-order valence-corrected chi connectivity index (χ2v) is 7.23. The summed E-state index contributed by atoms with van der Waals surface area (Å²) >= 11 is 1.80. The first kappa shape index (κ1) is 16.0. The van der Waals surface area contributed by atoms with Crippen molar-refractivity contribution in [3.05, 3.63) is 58.1 Å². The second-order valence-electron chi connectivity index (χ2n) is 6.25. The number of nitrogens with zero attached hydrogens (tertiary/aromatic N) is 3. The maximum Gasteiger partial charge on any atom is 0.279 e. The van der Waals surface area contributed by atoms with Crippen LogP contribution in [0.4, 0.5) is 5.82 Å². The zero-order chi connectivity index (χ0) is 17.6. The summed E-state index contributed by atoms with van der Waals surface area (Å²) in [6.45, 7) is 5.88. The molecule has 3 aromatic rings. The summed E-state index contributed by atoms with van der Waals surface area (Å²) < 4.78 is 6.84. The van der Waals surface area contributed by atoms with Gasteiger partial charge in [0.2, 0.25) is 0 Å². The minimum atomic E-state index is -0.289. The molecule has 0 unspecified atom stereocenters. The number of thioether (sulfide) groups is 1. The van der Waals surface area contributed by atoms with Gasteiger partial charge in [0.1, 0.15) is 11.6 Å². The van der Waals surface area contributed by atoms with Gasteiger partial charge in [0.25, 0.3) is 5.91 Å². The summed E-state index contributed by atoms with van der Waals surface area (Å²) in [5.41, 5.74) is 5.65. The highest BCUT2D eigenvalue weighted by Gasteiger charge is 2.26. The first-order valence-electron chi connectivity index (χ1n) is 8.04. The zero-order valence-corrected chi connectivity index (χ0v) is 15.1. The number of aryl methyl sites for hydroxylation is 3. The Labute approximate surface area is 149 Å². The van der Waals surface area contributed by atoms with E-state index in [1.807, 2.05) is 10.7 Å². The number of aromatic nitrogens is 3. The topological polar surface area (TPSA) is 73.0 Å². The molecule has 0 fully saturated rings. The van der Waals surface area contributed by atoms with E-state index >= 15 is 0 Å². The summed E-state index contributed by atoms with van der Waals surface area (Å²) in [5, 5.41) is 11.5. The van der Waals surface area contributed by atoms with Gasteiger partial charge in [-0.05, 0) is 32.4 Å². The first-order valence-corrected chi connectivity index (χ1v) is 9.19. The maximum absolute atomic E-state index is 12.6. The third-order valence-electron chi connectivity index (χ3n) is 4.22. The molecule has 0 saturated heterocycles. The van der Waals surface area contributed by atoms with E-state index in [0.717, 1.165) is 39.8 Å². The normalized spacial score (nSPS) is 13.1. The fourth-order valence-corrected chi connectivity index (χ4v) is 4.04. The van der Waals surface area contributed by atoms with Crippen LogP contribution < -0.4 is 5.32 Å². The van der Waals surface area contributed by atoms with Gasteiger partial charge in [-0.1, -0.05) is 22.9 Å². The van der Waals surface area contributed by atoms with Crippen LogP contribution in [0.15, 0.2) is 28.8 Å². The molecule has 0 aliphatic carbocycles. The molecule has 1 amide bonds. The van der Waals surface area contributed by atoms with Crippen molar-refractivity contribution in [2.45, 2.75) is 32.3 Å². The van der Waals surface area contributed by atoms with Crippen molar-refractivity contribution in [2.24, 2.45) is 0 Å². The highest BCUT2D eigenvalue weighted by atomic mass is 32.2. The maximum atomic E-state index is 12.6. The molecule has 2 aromatic heterocycles. The molecule has 1 aromatic carbocycles. The molecular formula is C18H18N4O2S. The number of hydrogen-bond acceptors (Lipinski definition) is 5. The predicted octanol–water partition coefficient (Wildman–Crippen LogP) is 3.78. The lowest BCUT2D eigenvalue weighted by Gasteiger charge is -2.12. The van der Waals surface area contributed by atoms with E-state index in [4.69, 9.17) is 9.62 Å². The predicted molar refractivity (Wildman–Crippen MR) is 97.2 cm³/mol. The van der Waals surface area contributed by atoms with Gasteiger partial charge in [-0.25, -0.2) is 4.68 Å². The highest BCUT2D eigenvalue weighted by Crippen LogP contribution is 2.36. The molecule has 0 saturated carbocycles. The fraction of sp³-hybridized carbons (Fsp3) is 0.278. The van der Waals surface area contributed by atoms with Crippen LogP contribution in [0.25, 0.3) is 5.69 Å². The Morgan fingerprint density at radius 3 is 2.80 bits per heavy atom. The van der Waals surface area contributed by atoms with E-state index in [2.05, 4.69) is 36.5 Å². The zero-order valence-electron chi connectivity index (χ0n) is 14.3. The molecule has 0 atom stereocenters. The number of carbonyl (C=O) groups is 1. The molecule has 1 N–H and O–H groups in total. The average molecular weight is 354 g/mol. The molecular weight excluding hydrogens is 336 g/mol. The van der Waals surface area contributed by atoms with Gasteiger partial charge in [0, 0.05) is 23.1 Å². The third-order valence-corrected chi connectivity index (χ3v) is 5.20. The van der Waals surface area contributed by atoms with E-state index in [1.54, 1.807) is 24.8 Å². The SMILES string of the molecule is Cc1ccc(-n2nc3c(c2NC(=O)c2cc(C)on2)CSC3)c(C)c1. The smallest absolute Gasteiger partial charge is 0.279 e. The van der Waals surface area contributed by atoms with Crippen LogP contribution in [-0.2, 0) is 11.5 Å². The Morgan fingerprint density at radius 2 is 2.08 bits per heavy atom. The molecule has 128 valence electrons. The van der Waals surface area contributed by atoms with Crippen molar-refractivity contribution in [2.75, 3.05) is 5.32 Å². The monoisotopic (exact) mass is 354 g/mol. The third kappa shape index (κ3) is 2.84. The van der Waals surface area contributed by atoms with Crippen LogP contribution in [0.5, 0.6) is 0 Å². The number of anilines is 1. The van der Waals surface area contributed by atoms with Gasteiger partial charge < -0.3 is 9.84 Å². The van der Waals surface area contributed by atoms with Gasteiger partial charge in [0.15, 0.2) is 5.69 Å². The van der Waals surface area contributed by atoms with Crippen LogP contribution in [0, 0.1) is 20.8 Å². The largest absolute Gasteiger partial charge is 0.361 e. The molecule has 3 heterocycles. The van der Waals surface area contributed by atoms with E-state index < -0.39 is 0 Å². The first-order chi connectivity index (χ1) is 12.0. The van der Waals surface area contributed by atoms with Crippen LogP contribution in [0.2, 0.25) is 0 Å². The van der Waals surface area contributed by atoms with Crippen LogP contribution in [0.1, 0.15) is 38.6 Å². The lowest BCUT2D eigenvalue weighted by Crippen LogP contribution is -2.17. The van der Waals surface area contributed by atoms with Gasteiger partial charge in [-0.15, -0.1) is 0 Å². The quantitative estimate of drug-likeness (QED) is 0.775. The van der Waals surface area contributed by atoms with Gasteiger partial charge in [0.05, 0.1) is 11.4 Å². The summed E-state index contributed by atoms with van der Waals surface area (Å²) in [6, 6.07) is 7.83. The Bertz CT molecular complexity index is 974. The number of fused-ring (bicyclic) bond motifs is 1. The Kier molecular flexibility index (Phi) is 3.88. The van der Waals surface area contributed by atoms with Crippen molar-refractivity contribution in [1.82, 2.24) is 14.9 Å². The van der Waals surface area contributed by atoms with E-state index in [9.17, 15) is 4.79 Å². The van der Waals surface area contributed by atoms with E-state index in [0.29, 0.717) is 5.76 Å². The summed E-state index contributed by atoms with van der Waals surface area (Å²) in [5.74, 6) is 2.74. The lowest BCUT2D eigenvalue weighted by atomic mass is 10.1. The van der Waals surface area contributed by atoms with Gasteiger partial charge in [-0.2, -0.15) is 16.9 Å². The Morgan fingerprint density at radius 1 is 1.24 bits per heavy atom. The Hall–Kier alpha value is -2.54. The van der Waals surface area contributed by atoms with Crippen molar-refractivity contribution < 1.29 is 9.32 Å². The summed E-state index contributed by atoms with van der Waals surface area (Å²) in [6.07, 6.45) is 0. The van der Waals surface area contributed by atoms with Gasteiger partial charge in [-0.3, -0.25) is 4.79 Å². The molecule has 0 spiro atoms. The standard InChI is InChI=1S/C18H18N4O2S/c1-10-4-5-16(11(2)6-10)22-17(13-8-25-9-15(13)20-22)19-18(23)14-7-12(3)24-21-14/h4-7H,8-9H2,1-3H3,(H,19,23). The molecule has 25 heavy (non-hydrogen) atoms. The molecule has 6 nitrogen and oxygen atoms in total. The van der Waals surface area contributed by atoms with Crippen LogP contribution >= 0.6 is 11.8 Å². The molecule has 4 rings (SSSR count). The van der Waals surface area contributed by atoms with Crippen molar-refractivity contribution in [3.63, 3.8) is 0 Å². The molecule has 0 bridgehead atoms. The van der Waals surface area contributed by atoms with Crippen molar-refractivity contribution >= 4 is 23.5 Å². The number of carbonyl (C=O) groups excluding carboxylic acids is 1. The molecule has 7 heteroatoms. The minimum absolute atomic E-state index is 0.269. The number of rotatable bonds is 3. The second kappa shape index (κ2) is 6.07. The van der Waals surface area contributed by atoms with E-state index in [1.165, 1.54) is 5.56 Å². The summed E-state index contributed by atoms with van der Waals surface area (Å²) in [4.78, 5) is 12.6. The molecule has 1 aliphatic rings. The lowest BCUT2D eigenvalue weighted by molar-refractivity contribution is 0.101. The summed E-state index contributed by atoms with van der Waals surface area (Å²) in [7, 11) is 0. The van der Waals surface area contributed by atoms with Crippen LogP contribution in [-0.4, -0.2) is 20.8 Å². The number of nitrogens with one attached hydrogen (secondary N) is 1. The fourth-order valence-electron chi connectivity index (χ4n) is 3.00. The van der Waals surface area contributed by atoms with Gasteiger partial charge >= 0.3 is 0 Å². The number of hydrogen-bond donors (Lipinski definition) is 1. The highest BCUT2D eigenvalue weighted by molar-refractivity contribution is 7.98. The van der Waals surface area contributed by atoms with E-state index in [-0.39, 0.29) is 11.6 Å². The molecule has 0 radical (unpaired) electrons. The van der Waals surface area contributed by atoms with Crippen molar-refractivity contribution in [3.8, 4) is 5.69 Å². The number of amides is 1. The number of benzene rings is 1.